The molecule has 1 atom stereocenters. The number of likely N-dealkylation sites (tertiary alicyclic amines) is 1. The topological polar surface area (TPSA) is 141 Å². The minimum Gasteiger partial charge on any atom is -0.497 e. The molecule has 43 heavy (non-hydrogen) atoms. The molecule has 0 radical (unpaired) electrons. The van der Waals surface area contributed by atoms with E-state index in [-0.39, 0.29) is 11.9 Å². The minimum atomic E-state index is -2.99. The van der Waals surface area contributed by atoms with Crippen LogP contribution in [-0.2, 0) is 9.84 Å². The van der Waals surface area contributed by atoms with E-state index in [1.54, 1.807) is 32.7 Å². The van der Waals surface area contributed by atoms with Gasteiger partial charge in [0.1, 0.15) is 27.4 Å². The number of nitrogens with one attached hydrogen (secondary N) is 2. The lowest BCUT2D eigenvalue weighted by atomic mass is 10.1. The molecular formula is C29H35N7O5S2. The van der Waals surface area contributed by atoms with Crippen LogP contribution >= 0.6 is 11.3 Å². The Kier molecular flexibility index (Phi) is 9.58. The van der Waals surface area contributed by atoms with E-state index in [0.717, 1.165) is 40.8 Å². The lowest BCUT2D eigenvalue weighted by Crippen LogP contribution is -2.29. The highest BCUT2D eigenvalue weighted by molar-refractivity contribution is 7.90. The van der Waals surface area contributed by atoms with Crippen LogP contribution in [0.5, 0.6) is 17.4 Å². The van der Waals surface area contributed by atoms with Crippen LogP contribution in [0.25, 0.3) is 21.8 Å². The summed E-state index contributed by atoms with van der Waals surface area (Å²) < 4.78 is 39.9. The molecule has 2 N–H and O–H groups in total. The largest absolute Gasteiger partial charge is 0.497 e. The third kappa shape index (κ3) is 8.09. The predicted molar refractivity (Wildman–Crippen MR) is 169 cm³/mol. The monoisotopic (exact) mass is 625 g/mol. The average Bonchev–Trinajstić information content (AvgIpc) is 3.64. The van der Waals surface area contributed by atoms with E-state index in [9.17, 15) is 8.42 Å². The summed E-state index contributed by atoms with van der Waals surface area (Å²) in [6.07, 6.45) is 5.43. The molecule has 0 unspecified atom stereocenters. The molecule has 0 bridgehead atoms. The molecule has 4 aromatic rings. The highest BCUT2D eigenvalue weighted by Crippen LogP contribution is 2.40. The van der Waals surface area contributed by atoms with Crippen LogP contribution in [0.1, 0.15) is 13.3 Å². The number of pyridine rings is 1. The first-order valence-electron chi connectivity index (χ1n) is 13.8. The number of rotatable bonds is 13. The molecule has 0 aliphatic carbocycles. The van der Waals surface area contributed by atoms with Crippen LogP contribution in [0.2, 0.25) is 0 Å². The number of sulfone groups is 1. The van der Waals surface area contributed by atoms with Crippen LogP contribution in [0.4, 0.5) is 16.8 Å². The first-order valence-corrected chi connectivity index (χ1v) is 16.7. The number of ether oxygens (including phenoxy) is 3. The molecule has 1 fully saturated rings. The Balaban J connectivity index is 1.30. The molecule has 0 amide bonds. The second-order valence-corrected chi connectivity index (χ2v) is 13.3. The van der Waals surface area contributed by atoms with Gasteiger partial charge in [-0.15, -0.1) is 0 Å². The minimum absolute atomic E-state index is 0.0314. The molecule has 1 aromatic carbocycles. The van der Waals surface area contributed by atoms with Crippen molar-refractivity contribution in [2.75, 3.05) is 63.0 Å². The molecule has 5 rings (SSSR count). The summed E-state index contributed by atoms with van der Waals surface area (Å²) in [6, 6.07) is 11.2. The first kappa shape index (κ1) is 30.4. The molecule has 1 saturated heterocycles. The van der Waals surface area contributed by atoms with Crippen molar-refractivity contribution in [1.29, 1.82) is 0 Å². The summed E-state index contributed by atoms with van der Waals surface area (Å²) in [5.41, 5.74) is 3.03. The van der Waals surface area contributed by atoms with E-state index in [0.29, 0.717) is 47.8 Å². The quantitative estimate of drug-likeness (QED) is 0.218. The zero-order valence-electron chi connectivity index (χ0n) is 24.5. The van der Waals surface area contributed by atoms with Gasteiger partial charge >= 0.3 is 0 Å². The summed E-state index contributed by atoms with van der Waals surface area (Å²) >= 11 is 1.51. The molecule has 228 valence electrons. The Morgan fingerprint density at radius 3 is 2.53 bits per heavy atom. The van der Waals surface area contributed by atoms with Crippen LogP contribution < -0.4 is 24.8 Å². The predicted octanol–water partition coefficient (Wildman–Crippen LogP) is 4.35. The Labute approximate surface area is 255 Å². The molecule has 0 spiro atoms. The normalized spacial score (nSPS) is 15.3. The third-order valence-corrected chi connectivity index (χ3v) is 8.72. The van der Waals surface area contributed by atoms with Crippen molar-refractivity contribution in [2.24, 2.45) is 0 Å². The number of anilines is 3. The molecule has 1 aliphatic rings. The summed E-state index contributed by atoms with van der Waals surface area (Å²) in [4.78, 5) is 21.5. The smallest absolute Gasteiger partial charge is 0.227 e. The second-order valence-electron chi connectivity index (χ2n) is 10.1. The van der Waals surface area contributed by atoms with E-state index >= 15 is 0 Å². The summed E-state index contributed by atoms with van der Waals surface area (Å²) in [5.74, 6) is 2.41. The number of benzene rings is 1. The molecule has 14 heteroatoms. The first-order chi connectivity index (χ1) is 20.7. The fourth-order valence-electron chi connectivity index (χ4n) is 4.62. The Morgan fingerprint density at radius 1 is 1.07 bits per heavy atom. The van der Waals surface area contributed by atoms with Crippen LogP contribution in [0, 0.1) is 0 Å². The molecular weight excluding hydrogens is 590 g/mol. The maximum absolute atomic E-state index is 11.5. The van der Waals surface area contributed by atoms with Gasteiger partial charge in [-0.3, -0.25) is 4.90 Å². The Hall–Kier alpha value is -4.01. The number of nitrogens with zero attached hydrogens (tertiary/aromatic N) is 5. The van der Waals surface area contributed by atoms with Crippen molar-refractivity contribution in [3.63, 3.8) is 0 Å². The van der Waals surface area contributed by atoms with Gasteiger partial charge in [0.25, 0.3) is 0 Å². The fraction of sp³-hybridized carbons (Fsp3) is 0.379. The van der Waals surface area contributed by atoms with Crippen molar-refractivity contribution < 1.29 is 22.6 Å². The second kappa shape index (κ2) is 13.5. The van der Waals surface area contributed by atoms with Gasteiger partial charge in [0.15, 0.2) is 5.13 Å². The van der Waals surface area contributed by atoms with E-state index in [1.165, 1.54) is 17.6 Å². The van der Waals surface area contributed by atoms with Gasteiger partial charge in [0.2, 0.25) is 11.8 Å². The van der Waals surface area contributed by atoms with Gasteiger partial charge in [-0.05, 0) is 37.6 Å². The van der Waals surface area contributed by atoms with Gasteiger partial charge in [0, 0.05) is 56.3 Å². The third-order valence-electron chi connectivity index (χ3n) is 6.76. The lowest BCUT2D eigenvalue weighted by molar-refractivity contribution is 0.195. The Morgan fingerprint density at radius 2 is 1.86 bits per heavy atom. The molecule has 1 aliphatic heterocycles. The number of thiazole rings is 1. The van der Waals surface area contributed by atoms with Crippen molar-refractivity contribution in [3.8, 4) is 39.2 Å². The number of hydrogen-bond acceptors (Lipinski definition) is 13. The Bertz CT molecular complexity index is 1630. The fourth-order valence-corrected chi connectivity index (χ4v) is 6.24. The maximum atomic E-state index is 11.5. The number of hydrogen-bond donors (Lipinski definition) is 2. The van der Waals surface area contributed by atoms with Gasteiger partial charge < -0.3 is 24.8 Å². The summed E-state index contributed by atoms with van der Waals surface area (Å²) in [6.45, 7) is 4.75. The molecule has 0 saturated carbocycles. The van der Waals surface area contributed by atoms with Crippen LogP contribution in [0.3, 0.4) is 0 Å². The van der Waals surface area contributed by atoms with Gasteiger partial charge in [-0.1, -0.05) is 11.3 Å². The average molecular weight is 626 g/mol. The SMILES string of the molecule is CCNc1nc(-c2cc(OC)cc(OC)c2)c(-c2ccnc(Nc3ccc(O[C@H]4CCN(CCS(C)(=O)=O)C4)nc3)n2)s1. The standard InChI is InChI=1S/C29H35N7O5S2/c1-5-30-29-35-26(19-14-22(39-2)16-23(15-19)40-3)27(42-29)24-8-10-31-28(34-24)33-20-6-7-25(32-17-20)41-21-9-11-36(18-21)12-13-43(4,37)38/h6-8,10,14-17,21H,5,9,11-13,18H2,1-4H3,(H,30,35)(H,31,33,34)/t21-/m0/s1. The number of methoxy groups -OCH3 is 2. The highest BCUT2D eigenvalue weighted by Gasteiger charge is 2.25. The van der Waals surface area contributed by atoms with Gasteiger partial charge in [-0.2, -0.15) is 0 Å². The van der Waals surface area contributed by atoms with E-state index < -0.39 is 9.84 Å². The van der Waals surface area contributed by atoms with Crippen molar-refractivity contribution >= 4 is 37.9 Å². The molecule has 4 heterocycles. The van der Waals surface area contributed by atoms with Crippen molar-refractivity contribution in [2.45, 2.75) is 19.4 Å². The molecule has 12 nitrogen and oxygen atoms in total. The zero-order chi connectivity index (χ0) is 30.4. The summed E-state index contributed by atoms with van der Waals surface area (Å²) in [7, 11) is 0.251. The van der Waals surface area contributed by atoms with Gasteiger partial charge in [-0.25, -0.2) is 28.4 Å². The van der Waals surface area contributed by atoms with Crippen molar-refractivity contribution in [1.82, 2.24) is 24.8 Å². The maximum Gasteiger partial charge on any atom is 0.227 e. The van der Waals surface area contributed by atoms with E-state index in [4.69, 9.17) is 24.2 Å². The van der Waals surface area contributed by atoms with Crippen LogP contribution in [0.15, 0.2) is 48.8 Å². The van der Waals surface area contributed by atoms with Crippen LogP contribution in [-0.4, -0.2) is 91.8 Å². The molecule has 3 aromatic heterocycles. The van der Waals surface area contributed by atoms with Gasteiger partial charge in [0.05, 0.1) is 48.1 Å². The van der Waals surface area contributed by atoms with E-state index in [2.05, 4.69) is 25.5 Å². The van der Waals surface area contributed by atoms with Crippen molar-refractivity contribution in [3.05, 3.63) is 48.8 Å². The number of aromatic nitrogens is 4. The zero-order valence-corrected chi connectivity index (χ0v) is 26.2. The highest BCUT2D eigenvalue weighted by atomic mass is 32.2. The summed E-state index contributed by atoms with van der Waals surface area (Å²) in [5, 5.41) is 7.31. The van der Waals surface area contributed by atoms with E-state index in [1.807, 2.05) is 37.3 Å². The lowest BCUT2D eigenvalue weighted by Gasteiger charge is -2.16.